The summed E-state index contributed by atoms with van der Waals surface area (Å²) in [6, 6.07) is 14.2. The molecule has 4 heterocycles. The van der Waals surface area contributed by atoms with Crippen LogP contribution in [0.25, 0.3) is 0 Å². The summed E-state index contributed by atoms with van der Waals surface area (Å²) in [6.07, 6.45) is 5.40. The molecule has 4 bridgehead atoms. The van der Waals surface area contributed by atoms with Crippen LogP contribution >= 0.6 is 0 Å². The van der Waals surface area contributed by atoms with Crippen LogP contribution in [0, 0.1) is 0 Å². The van der Waals surface area contributed by atoms with Crippen LogP contribution in [-0.4, -0.2) is 24.2 Å². The molecule has 16 heavy (non-hydrogen) atoms. The number of hydrogen-bond donors (Lipinski definition) is 1. The lowest BCUT2D eigenvalue weighted by Gasteiger charge is -2.58. The monoisotopic (exact) mass is 214 g/mol. The molecule has 2 heteroatoms. The van der Waals surface area contributed by atoms with Crippen molar-refractivity contribution in [3.8, 4) is 0 Å². The average molecular weight is 214 g/mol. The van der Waals surface area contributed by atoms with Crippen molar-refractivity contribution in [2.24, 2.45) is 0 Å². The molecule has 0 amide bonds. The molecule has 4 aliphatic rings. The van der Waals surface area contributed by atoms with E-state index in [2.05, 4.69) is 40.5 Å². The fourth-order valence-corrected chi connectivity index (χ4v) is 4.08. The summed E-state index contributed by atoms with van der Waals surface area (Å²) in [5, 5.41) is 3.76. The Hall–Kier alpha value is -1.02. The van der Waals surface area contributed by atoms with Crippen LogP contribution in [-0.2, 0) is 0 Å². The molecule has 4 fully saturated rings. The average Bonchev–Trinajstić information content (AvgIpc) is 2.29. The standard InChI is InChI=1S/C14H18N2/c1-2-4-12(5-3-1)16-13-6-10-7-14(16)9-11(8-13)15-10/h1-5,10-11,13-15H,6-9H2. The molecule has 1 aromatic carbocycles. The van der Waals surface area contributed by atoms with Gasteiger partial charge in [-0.2, -0.15) is 0 Å². The maximum Gasteiger partial charge on any atom is 0.0371 e. The zero-order valence-electron chi connectivity index (χ0n) is 9.47. The molecule has 5 rings (SSSR count). The maximum absolute atomic E-state index is 3.76. The molecule has 1 N–H and O–H groups in total. The molecule has 0 saturated carbocycles. The first-order valence-electron chi connectivity index (χ1n) is 6.49. The van der Waals surface area contributed by atoms with Crippen molar-refractivity contribution in [1.82, 2.24) is 5.32 Å². The van der Waals surface area contributed by atoms with Gasteiger partial charge in [0.15, 0.2) is 0 Å². The Balaban J connectivity index is 1.70. The fourth-order valence-electron chi connectivity index (χ4n) is 4.08. The Morgan fingerprint density at radius 1 is 0.875 bits per heavy atom. The normalized spacial score (nSPS) is 40.4. The SMILES string of the molecule is c1ccc(N2C3CC4CC2CC(C3)N4)cc1. The Morgan fingerprint density at radius 2 is 1.44 bits per heavy atom. The van der Waals surface area contributed by atoms with E-state index in [1.807, 2.05) is 0 Å². The summed E-state index contributed by atoms with van der Waals surface area (Å²) in [5.74, 6) is 0. The molecule has 0 radical (unpaired) electrons. The van der Waals surface area contributed by atoms with E-state index >= 15 is 0 Å². The van der Waals surface area contributed by atoms with E-state index in [1.54, 1.807) is 0 Å². The first-order chi connectivity index (χ1) is 7.90. The molecule has 0 aromatic heterocycles. The number of hydrogen-bond acceptors (Lipinski definition) is 2. The predicted molar refractivity (Wildman–Crippen MR) is 65.7 cm³/mol. The van der Waals surface area contributed by atoms with Crippen molar-refractivity contribution in [2.45, 2.75) is 49.9 Å². The van der Waals surface area contributed by atoms with E-state index in [-0.39, 0.29) is 0 Å². The van der Waals surface area contributed by atoms with Crippen LogP contribution < -0.4 is 10.2 Å². The number of para-hydroxylation sites is 1. The lowest BCUT2D eigenvalue weighted by atomic mass is 9.74. The van der Waals surface area contributed by atoms with Crippen molar-refractivity contribution in [1.29, 1.82) is 0 Å². The number of anilines is 1. The Kier molecular flexibility index (Phi) is 1.83. The quantitative estimate of drug-likeness (QED) is 0.770. The summed E-state index contributed by atoms with van der Waals surface area (Å²) in [4.78, 5) is 2.70. The zero-order valence-corrected chi connectivity index (χ0v) is 9.47. The molecular formula is C14H18N2. The van der Waals surface area contributed by atoms with Gasteiger partial charge in [-0.3, -0.25) is 0 Å². The van der Waals surface area contributed by atoms with Crippen LogP contribution in [0.1, 0.15) is 25.7 Å². The number of benzene rings is 1. The summed E-state index contributed by atoms with van der Waals surface area (Å²) in [7, 11) is 0. The van der Waals surface area contributed by atoms with E-state index in [1.165, 1.54) is 31.4 Å². The van der Waals surface area contributed by atoms with Crippen molar-refractivity contribution in [3.05, 3.63) is 30.3 Å². The van der Waals surface area contributed by atoms with E-state index in [0.717, 1.165) is 24.2 Å². The second-order valence-corrected chi connectivity index (χ2v) is 5.55. The minimum Gasteiger partial charge on any atom is -0.365 e. The molecule has 0 atom stereocenters. The third-order valence-corrected chi connectivity index (χ3v) is 4.54. The highest BCUT2D eigenvalue weighted by Gasteiger charge is 2.46. The van der Waals surface area contributed by atoms with Crippen molar-refractivity contribution in [2.75, 3.05) is 4.90 Å². The van der Waals surface area contributed by atoms with Gasteiger partial charge in [0, 0.05) is 29.9 Å². The smallest absolute Gasteiger partial charge is 0.0371 e. The van der Waals surface area contributed by atoms with Crippen LogP contribution in [0.3, 0.4) is 0 Å². The summed E-state index contributed by atoms with van der Waals surface area (Å²) < 4.78 is 0. The topological polar surface area (TPSA) is 15.3 Å². The highest BCUT2D eigenvalue weighted by atomic mass is 15.3. The molecule has 4 aliphatic heterocycles. The van der Waals surface area contributed by atoms with Gasteiger partial charge in [-0.15, -0.1) is 0 Å². The Morgan fingerprint density at radius 3 is 2.00 bits per heavy atom. The van der Waals surface area contributed by atoms with Gasteiger partial charge in [0.25, 0.3) is 0 Å². The van der Waals surface area contributed by atoms with E-state index < -0.39 is 0 Å². The predicted octanol–water partition coefficient (Wildman–Crippen LogP) is 2.16. The maximum atomic E-state index is 3.76. The third-order valence-electron chi connectivity index (χ3n) is 4.54. The van der Waals surface area contributed by atoms with Crippen molar-refractivity contribution >= 4 is 5.69 Å². The van der Waals surface area contributed by atoms with Crippen molar-refractivity contribution in [3.63, 3.8) is 0 Å². The molecule has 0 spiro atoms. The number of nitrogens with one attached hydrogen (secondary N) is 1. The van der Waals surface area contributed by atoms with Gasteiger partial charge in [0.2, 0.25) is 0 Å². The van der Waals surface area contributed by atoms with Gasteiger partial charge in [-0.05, 0) is 37.8 Å². The number of nitrogens with zero attached hydrogens (tertiary/aromatic N) is 1. The third kappa shape index (κ3) is 1.23. The molecule has 4 saturated heterocycles. The van der Waals surface area contributed by atoms with Gasteiger partial charge < -0.3 is 10.2 Å². The molecular weight excluding hydrogens is 196 g/mol. The second kappa shape index (κ2) is 3.24. The van der Waals surface area contributed by atoms with Gasteiger partial charge in [0.05, 0.1) is 0 Å². The lowest BCUT2D eigenvalue weighted by molar-refractivity contribution is 0.135. The van der Waals surface area contributed by atoms with Crippen LogP contribution in [0.15, 0.2) is 30.3 Å². The molecule has 2 nitrogen and oxygen atoms in total. The van der Waals surface area contributed by atoms with Crippen LogP contribution in [0.2, 0.25) is 0 Å². The highest BCUT2D eigenvalue weighted by Crippen LogP contribution is 2.41. The highest BCUT2D eigenvalue weighted by molar-refractivity contribution is 5.50. The molecule has 0 aliphatic carbocycles. The van der Waals surface area contributed by atoms with Crippen molar-refractivity contribution < 1.29 is 0 Å². The van der Waals surface area contributed by atoms with Crippen LogP contribution in [0.5, 0.6) is 0 Å². The first kappa shape index (κ1) is 9.06. The first-order valence-corrected chi connectivity index (χ1v) is 6.49. The van der Waals surface area contributed by atoms with E-state index in [4.69, 9.17) is 0 Å². The largest absolute Gasteiger partial charge is 0.365 e. The van der Waals surface area contributed by atoms with Gasteiger partial charge >= 0.3 is 0 Å². The number of rotatable bonds is 1. The molecule has 84 valence electrons. The Bertz CT molecular complexity index is 359. The van der Waals surface area contributed by atoms with Gasteiger partial charge in [0.1, 0.15) is 0 Å². The van der Waals surface area contributed by atoms with E-state index in [0.29, 0.717) is 0 Å². The minimum atomic E-state index is 0.797. The molecule has 1 aromatic rings. The minimum absolute atomic E-state index is 0.797. The molecule has 0 unspecified atom stereocenters. The lowest BCUT2D eigenvalue weighted by Crippen LogP contribution is -2.67. The summed E-state index contributed by atoms with van der Waals surface area (Å²) in [5.41, 5.74) is 1.44. The van der Waals surface area contributed by atoms with E-state index in [9.17, 15) is 0 Å². The van der Waals surface area contributed by atoms with Crippen LogP contribution in [0.4, 0.5) is 5.69 Å². The second-order valence-electron chi connectivity index (χ2n) is 5.55. The number of piperidine rings is 4. The van der Waals surface area contributed by atoms with Gasteiger partial charge in [-0.1, -0.05) is 18.2 Å². The van der Waals surface area contributed by atoms with Gasteiger partial charge in [-0.25, -0.2) is 0 Å². The summed E-state index contributed by atoms with van der Waals surface area (Å²) >= 11 is 0. The summed E-state index contributed by atoms with van der Waals surface area (Å²) in [6.45, 7) is 0. The Labute approximate surface area is 96.6 Å². The zero-order chi connectivity index (χ0) is 10.5. The fraction of sp³-hybridized carbons (Fsp3) is 0.571.